The highest BCUT2D eigenvalue weighted by Gasteiger charge is 2.38. The van der Waals surface area contributed by atoms with Gasteiger partial charge in [0.15, 0.2) is 17.3 Å². The van der Waals surface area contributed by atoms with Gasteiger partial charge in [-0.05, 0) is 37.6 Å². The monoisotopic (exact) mass is 487 g/mol. The summed E-state index contributed by atoms with van der Waals surface area (Å²) in [6.45, 7) is 3.19. The molecule has 184 valence electrons. The number of carbonyl (C=O) groups is 2. The molecule has 0 bridgehead atoms. The number of hydrogen-bond acceptors (Lipinski definition) is 6. The zero-order valence-electron chi connectivity index (χ0n) is 20.1. The first-order valence-electron chi connectivity index (χ1n) is 11.2. The van der Waals surface area contributed by atoms with Crippen LogP contribution in [-0.2, 0) is 11.4 Å². The lowest BCUT2D eigenvalue weighted by molar-refractivity contribution is -0.385. The first kappa shape index (κ1) is 24.5. The highest BCUT2D eigenvalue weighted by Crippen LogP contribution is 2.42. The van der Waals surface area contributed by atoms with E-state index in [4.69, 9.17) is 9.47 Å². The number of urea groups is 1. The van der Waals surface area contributed by atoms with Crippen LogP contribution in [0.25, 0.3) is 0 Å². The molecule has 2 amide bonds. The number of nitrogens with one attached hydrogen (secondary N) is 1. The molecule has 0 radical (unpaired) electrons. The van der Waals surface area contributed by atoms with Crippen molar-refractivity contribution in [2.75, 3.05) is 12.0 Å². The fourth-order valence-electron chi connectivity index (χ4n) is 4.28. The van der Waals surface area contributed by atoms with Crippen molar-refractivity contribution in [2.45, 2.75) is 26.5 Å². The van der Waals surface area contributed by atoms with Crippen molar-refractivity contribution in [3.63, 3.8) is 0 Å². The van der Waals surface area contributed by atoms with Crippen LogP contribution in [0.1, 0.15) is 31.0 Å². The standard InChI is InChI=1S/C27H25N3O6/c1-17-25(18(2)31)26(28-27(32)29(17)20-12-8-5-9-13-20)21-14-23(35-3)24(15-22(21)30(33)34)36-16-19-10-6-4-7-11-19/h4-15,26H,16H2,1-3H3,(H,28,32)/t26-/m1/s1. The highest BCUT2D eigenvalue weighted by atomic mass is 16.6. The van der Waals surface area contributed by atoms with Gasteiger partial charge < -0.3 is 14.8 Å². The number of ketones is 1. The van der Waals surface area contributed by atoms with E-state index < -0.39 is 17.0 Å². The normalized spacial score (nSPS) is 15.4. The minimum Gasteiger partial charge on any atom is -0.493 e. The van der Waals surface area contributed by atoms with Crippen LogP contribution >= 0.6 is 0 Å². The molecule has 1 atom stereocenters. The summed E-state index contributed by atoms with van der Waals surface area (Å²) in [7, 11) is 1.42. The summed E-state index contributed by atoms with van der Waals surface area (Å²) in [4.78, 5) is 38.9. The minimum absolute atomic E-state index is 0.120. The molecule has 0 saturated heterocycles. The first-order chi connectivity index (χ1) is 17.3. The maximum Gasteiger partial charge on any atom is 0.327 e. The Labute approximate surface area is 208 Å². The number of nitrogens with zero attached hydrogens (tertiary/aromatic N) is 2. The molecule has 3 aromatic rings. The SMILES string of the molecule is COc1cc([C@H]2NC(=O)N(c3ccccc3)C(C)=C2C(C)=O)c([N+](=O)[O-])cc1OCc1ccccc1. The van der Waals surface area contributed by atoms with Gasteiger partial charge in [-0.1, -0.05) is 48.5 Å². The van der Waals surface area contributed by atoms with Crippen LogP contribution in [0.4, 0.5) is 16.2 Å². The molecule has 1 N–H and O–H groups in total. The number of ether oxygens (including phenoxy) is 2. The number of anilines is 1. The molecule has 0 spiro atoms. The number of hydrogen-bond donors (Lipinski definition) is 1. The largest absolute Gasteiger partial charge is 0.493 e. The molecule has 1 aliphatic heterocycles. The number of amides is 2. The molecule has 36 heavy (non-hydrogen) atoms. The van der Waals surface area contributed by atoms with Crippen LogP contribution in [0.2, 0.25) is 0 Å². The van der Waals surface area contributed by atoms with Crippen LogP contribution in [0.3, 0.4) is 0 Å². The lowest BCUT2D eigenvalue weighted by Gasteiger charge is -2.35. The number of nitro benzene ring substituents is 1. The summed E-state index contributed by atoms with van der Waals surface area (Å²) in [5.41, 5.74) is 1.89. The zero-order chi connectivity index (χ0) is 25.8. The first-order valence-corrected chi connectivity index (χ1v) is 11.2. The molecule has 3 aromatic carbocycles. The van der Waals surface area contributed by atoms with Crippen molar-refractivity contribution in [2.24, 2.45) is 0 Å². The van der Waals surface area contributed by atoms with Crippen LogP contribution in [0.5, 0.6) is 11.5 Å². The molecular weight excluding hydrogens is 462 g/mol. The summed E-state index contributed by atoms with van der Waals surface area (Å²) in [5, 5.41) is 14.9. The van der Waals surface area contributed by atoms with Crippen LogP contribution in [0, 0.1) is 10.1 Å². The van der Waals surface area contributed by atoms with Gasteiger partial charge in [0.1, 0.15) is 6.61 Å². The average molecular weight is 488 g/mol. The van der Waals surface area contributed by atoms with Gasteiger partial charge in [-0.15, -0.1) is 0 Å². The van der Waals surface area contributed by atoms with Gasteiger partial charge >= 0.3 is 6.03 Å². The van der Waals surface area contributed by atoms with E-state index in [2.05, 4.69) is 5.32 Å². The Balaban J connectivity index is 1.80. The van der Waals surface area contributed by atoms with Crippen molar-refractivity contribution < 1.29 is 24.0 Å². The third kappa shape index (κ3) is 4.76. The van der Waals surface area contributed by atoms with Crippen LogP contribution < -0.4 is 19.7 Å². The molecule has 4 rings (SSSR count). The zero-order valence-corrected chi connectivity index (χ0v) is 20.1. The van der Waals surface area contributed by atoms with E-state index in [-0.39, 0.29) is 40.7 Å². The van der Waals surface area contributed by atoms with E-state index in [9.17, 15) is 19.7 Å². The molecule has 0 fully saturated rings. The van der Waals surface area contributed by atoms with Gasteiger partial charge in [0.2, 0.25) is 0 Å². The highest BCUT2D eigenvalue weighted by molar-refractivity contribution is 6.05. The number of allylic oxidation sites excluding steroid dienone is 1. The van der Waals surface area contributed by atoms with E-state index in [1.54, 1.807) is 31.2 Å². The van der Waals surface area contributed by atoms with E-state index >= 15 is 0 Å². The van der Waals surface area contributed by atoms with Gasteiger partial charge in [0, 0.05) is 11.3 Å². The van der Waals surface area contributed by atoms with Gasteiger partial charge in [0.25, 0.3) is 5.69 Å². The summed E-state index contributed by atoms with van der Waals surface area (Å²) in [5.74, 6) is 0.0952. The predicted molar refractivity (Wildman–Crippen MR) is 134 cm³/mol. The predicted octanol–water partition coefficient (Wildman–Crippen LogP) is 5.32. The van der Waals surface area contributed by atoms with Crippen molar-refractivity contribution in [1.29, 1.82) is 0 Å². The van der Waals surface area contributed by atoms with Gasteiger partial charge in [-0.2, -0.15) is 0 Å². The van der Waals surface area contributed by atoms with Crippen LogP contribution in [0.15, 0.2) is 84.1 Å². The van der Waals surface area contributed by atoms with Crippen molar-refractivity contribution in [3.8, 4) is 11.5 Å². The quantitative estimate of drug-likeness (QED) is 0.340. The fraction of sp³-hybridized carbons (Fsp3) is 0.185. The fourth-order valence-corrected chi connectivity index (χ4v) is 4.28. The number of rotatable bonds is 8. The molecule has 0 saturated carbocycles. The average Bonchev–Trinajstić information content (AvgIpc) is 2.87. The molecule has 0 aromatic heterocycles. The van der Waals surface area contributed by atoms with E-state index in [1.807, 2.05) is 36.4 Å². The Morgan fingerprint density at radius 1 is 1.06 bits per heavy atom. The Kier molecular flexibility index (Phi) is 7.00. The molecule has 1 aliphatic rings. The minimum atomic E-state index is -1.05. The lowest BCUT2D eigenvalue weighted by atomic mass is 9.90. The number of methoxy groups -OCH3 is 1. The topological polar surface area (TPSA) is 111 Å². The number of para-hydroxylation sites is 1. The van der Waals surface area contributed by atoms with Crippen LogP contribution in [-0.4, -0.2) is 23.8 Å². The summed E-state index contributed by atoms with van der Waals surface area (Å²) >= 11 is 0. The second-order valence-corrected chi connectivity index (χ2v) is 8.20. The maximum absolute atomic E-state index is 13.2. The number of benzene rings is 3. The number of nitro groups is 1. The molecule has 0 aliphatic carbocycles. The number of carbonyl (C=O) groups excluding carboxylic acids is 2. The Bertz CT molecular complexity index is 1340. The summed E-state index contributed by atoms with van der Waals surface area (Å²) in [6, 6.07) is 19.4. The molecular formula is C27H25N3O6. The lowest BCUT2D eigenvalue weighted by Crippen LogP contribution is -2.48. The molecule has 9 nitrogen and oxygen atoms in total. The summed E-state index contributed by atoms with van der Waals surface area (Å²) in [6.07, 6.45) is 0. The molecule has 9 heteroatoms. The van der Waals surface area contributed by atoms with Crippen molar-refractivity contribution in [3.05, 3.63) is 105 Å². The number of Topliss-reactive ketones (excluding diaryl/α,β-unsaturated/α-hetero) is 1. The van der Waals surface area contributed by atoms with Gasteiger partial charge in [-0.3, -0.25) is 19.8 Å². The second kappa shape index (κ2) is 10.3. The smallest absolute Gasteiger partial charge is 0.327 e. The Morgan fingerprint density at radius 3 is 2.28 bits per heavy atom. The van der Waals surface area contributed by atoms with E-state index in [1.165, 1.54) is 31.1 Å². The van der Waals surface area contributed by atoms with E-state index in [0.29, 0.717) is 11.4 Å². The Hall–Kier alpha value is -4.66. The van der Waals surface area contributed by atoms with E-state index in [0.717, 1.165) is 5.56 Å². The van der Waals surface area contributed by atoms with Crippen molar-refractivity contribution in [1.82, 2.24) is 5.32 Å². The maximum atomic E-state index is 13.2. The Morgan fingerprint density at radius 2 is 1.69 bits per heavy atom. The van der Waals surface area contributed by atoms with Gasteiger partial charge in [-0.25, -0.2) is 4.79 Å². The summed E-state index contributed by atoms with van der Waals surface area (Å²) < 4.78 is 11.3. The van der Waals surface area contributed by atoms with Crippen molar-refractivity contribution >= 4 is 23.2 Å². The molecule has 1 heterocycles. The third-order valence-corrected chi connectivity index (χ3v) is 5.94. The van der Waals surface area contributed by atoms with Gasteiger partial charge in [0.05, 0.1) is 35.4 Å². The third-order valence-electron chi connectivity index (χ3n) is 5.94. The molecule has 0 unspecified atom stereocenters. The second-order valence-electron chi connectivity index (χ2n) is 8.20.